The maximum Gasteiger partial charge on any atom is 0.337 e. The largest absolute Gasteiger partial charge is 0.497 e. The van der Waals surface area contributed by atoms with Crippen LogP contribution in [-0.2, 0) is 4.74 Å². The van der Waals surface area contributed by atoms with E-state index < -0.39 is 5.97 Å². The van der Waals surface area contributed by atoms with Gasteiger partial charge in [-0.05, 0) is 60.2 Å². The Labute approximate surface area is 140 Å². The predicted octanol–water partition coefficient (Wildman–Crippen LogP) is 3.70. The first-order valence-electron chi connectivity index (χ1n) is 7.87. The number of halogens is 1. The zero-order valence-corrected chi connectivity index (χ0v) is 13.7. The minimum Gasteiger partial charge on any atom is -0.497 e. The molecule has 5 heteroatoms. The monoisotopic (exact) mass is 329 g/mol. The molecule has 2 N–H and O–H groups in total. The number of rotatable bonds is 5. The summed E-state index contributed by atoms with van der Waals surface area (Å²) in [6, 6.07) is 9.41. The highest BCUT2D eigenvalue weighted by Crippen LogP contribution is 2.43. The van der Waals surface area contributed by atoms with Crippen LogP contribution in [0.3, 0.4) is 0 Å². The van der Waals surface area contributed by atoms with Crippen LogP contribution in [0.4, 0.5) is 4.39 Å². The molecule has 1 aliphatic carbocycles. The van der Waals surface area contributed by atoms with Crippen LogP contribution in [0.15, 0.2) is 36.4 Å². The molecule has 24 heavy (non-hydrogen) atoms. The van der Waals surface area contributed by atoms with Crippen molar-refractivity contribution in [2.24, 2.45) is 11.7 Å². The third-order valence-electron chi connectivity index (χ3n) is 4.43. The maximum absolute atomic E-state index is 14.4. The molecule has 2 aromatic rings. The third kappa shape index (κ3) is 3.12. The lowest BCUT2D eigenvalue weighted by atomic mass is 9.91. The summed E-state index contributed by atoms with van der Waals surface area (Å²) in [6.07, 6.45) is 2.09. The molecule has 4 nitrogen and oxygen atoms in total. The molecule has 2 aromatic carbocycles. The molecular formula is C19H20FNO3. The molecule has 0 amide bonds. The number of nitrogens with two attached hydrogens (primary N) is 1. The van der Waals surface area contributed by atoms with E-state index in [-0.39, 0.29) is 11.9 Å². The maximum atomic E-state index is 14.4. The summed E-state index contributed by atoms with van der Waals surface area (Å²) in [7, 11) is 2.87. The highest BCUT2D eigenvalue weighted by molar-refractivity contribution is 5.90. The molecule has 126 valence electrons. The Kier molecular flexibility index (Phi) is 4.53. The molecule has 0 bridgehead atoms. The van der Waals surface area contributed by atoms with Gasteiger partial charge in [-0.25, -0.2) is 9.18 Å². The number of benzene rings is 2. The number of methoxy groups -OCH3 is 2. The van der Waals surface area contributed by atoms with Gasteiger partial charge in [0.15, 0.2) is 0 Å². The van der Waals surface area contributed by atoms with E-state index in [1.54, 1.807) is 30.3 Å². The summed E-state index contributed by atoms with van der Waals surface area (Å²) in [5, 5.41) is 0. The Bertz CT molecular complexity index is 771. The molecule has 0 radical (unpaired) electrons. The fourth-order valence-corrected chi connectivity index (χ4v) is 2.88. The first-order chi connectivity index (χ1) is 11.5. The van der Waals surface area contributed by atoms with E-state index in [4.69, 9.17) is 15.2 Å². The lowest BCUT2D eigenvalue weighted by Gasteiger charge is -2.18. The first kappa shape index (κ1) is 16.5. The highest BCUT2D eigenvalue weighted by Gasteiger charge is 2.32. The fraction of sp³-hybridized carbons (Fsp3) is 0.316. The van der Waals surface area contributed by atoms with Crippen molar-refractivity contribution < 1.29 is 18.7 Å². The van der Waals surface area contributed by atoms with Gasteiger partial charge in [-0.2, -0.15) is 0 Å². The number of hydrogen-bond donors (Lipinski definition) is 1. The fourth-order valence-electron chi connectivity index (χ4n) is 2.88. The summed E-state index contributed by atoms with van der Waals surface area (Å²) in [5.41, 5.74) is 8.63. The second-order valence-corrected chi connectivity index (χ2v) is 6.00. The van der Waals surface area contributed by atoms with Gasteiger partial charge in [0.05, 0.1) is 19.8 Å². The molecule has 0 saturated heterocycles. The average Bonchev–Trinajstić information content (AvgIpc) is 3.45. The standard InChI is InChI=1S/C19H20FNO3/c1-23-13-6-8-17(20)15(10-13)14-7-5-12(19(22)24-2)9-16(14)18(21)11-3-4-11/h5-11,18H,3-4,21H2,1-2H3. The van der Waals surface area contributed by atoms with Crippen molar-refractivity contribution >= 4 is 5.97 Å². The highest BCUT2D eigenvalue weighted by atomic mass is 19.1. The summed E-state index contributed by atoms with van der Waals surface area (Å²) in [6.45, 7) is 0. The van der Waals surface area contributed by atoms with Crippen molar-refractivity contribution in [1.29, 1.82) is 0 Å². The van der Waals surface area contributed by atoms with E-state index in [0.29, 0.717) is 28.4 Å². The van der Waals surface area contributed by atoms with Gasteiger partial charge in [-0.3, -0.25) is 0 Å². The Balaban J connectivity index is 2.14. The van der Waals surface area contributed by atoms with Gasteiger partial charge in [0.25, 0.3) is 0 Å². The van der Waals surface area contributed by atoms with Crippen molar-refractivity contribution in [2.45, 2.75) is 18.9 Å². The van der Waals surface area contributed by atoms with Gasteiger partial charge in [-0.1, -0.05) is 6.07 Å². The van der Waals surface area contributed by atoms with Crippen LogP contribution in [0.1, 0.15) is 34.8 Å². The summed E-state index contributed by atoms with van der Waals surface area (Å²) in [5.74, 6) is 0.141. The zero-order chi connectivity index (χ0) is 17.3. The van der Waals surface area contributed by atoms with E-state index in [9.17, 15) is 9.18 Å². The van der Waals surface area contributed by atoms with Crippen LogP contribution < -0.4 is 10.5 Å². The van der Waals surface area contributed by atoms with Crippen LogP contribution >= 0.6 is 0 Å². The first-order valence-corrected chi connectivity index (χ1v) is 7.87. The molecule has 1 aliphatic rings. The lowest BCUT2D eigenvalue weighted by molar-refractivity contribution is 0.0600. The van der Waals surface area contributed by atoms with Crippen LogP contribution in [0.2, 0.25) is 0 Å². The second kappa shape index (κ2) is 6.61. The number of carbonyl (C=O) groups excluding carboxylic acids is 1. The Morgan fingerprint density at radius 2 is 1.92 bits per heavy atom. The number of esters is 1. The molecule has 0 heterocycles. The van der Waals surface area contributed by atoms with Gasteiger partial charge in [0, 0.05) is 11.6 Å². The van der Waals surface area contributed by atoms with Gasteiger partial charge in [0.2, 0.25) is 0 Å². The van der Waals surface area contributed by atoms with Gasteiger partial charge in [0.1, 0.15) is 11.6 Å². The molecule has 1 saturated carbocycles. The predicted molar refractivity (Wildman–Crippen MR) is 89.4 cm³/mol. The van der Waals surface area contributed by atoms with E-state index in [0.717, 1.165) is 18.4 Å². The van der Waals surface area contributed by atoms with Crippen molar-refractivity contribution in [2.75, 3.05) is 14.2 Å². The minimum absolute atomic E-state index is 0.241. The third-order valence-corrected chi connectivity index (χ3v) is 4.43. The topological polar surface area (TPSA) is 61.5 Å². The Morgan fingerprint density at radius 3 is 2.54 bits per heavy atom. The molecule has 1 fully saturated rings. The second-order valence-electron chi connectivity index (χ2n) is 6.00. The SMILES string of the molecule is COC(=O)c1ccc(-c2cc(OC)ccc2F)c(C(N)C2CC2)c1. The van der Waals surface area contributed by atoms with Gasteiger partial charge in [-0.15, -0.1) is 0 Å². The number of ether oxygens (including phenoxy) is 2. The van der Waals surface area contributed by atoms with Crippen molar-refractivity contribution in [3.8, 4) is 16.9 Å². The molecule has 0 spiro atoms. The smallest absolute Gasteiger partial charge is 0.337 e. The van der Waals surface area contributed by atoms with Crippen molar-refractivity contribution in [3.63, 3.8) is 0 Å². The Hall–Kier alpha value is -2.40. The van der Waals surface area contributed by atoms with E-state index in [1.807, 2.05) is 0 Å². The molecule has 1 atom stereocenters. The summed E-state index contributed by atoms with van der Waals surface area (Å²) < 4.78 is 24.4. The van der Waals surface area contributed by atoms with Gasteiger partial charge >= 0.3 is 5.97 Å². The average molecular weight is 329 g/mol. The summed E-state index contributed by atoms with van der Waals surface area (Å²) >= 11 is 0. The minimum atomic E-state index is -0.433. The Morgan fingerprint density at radius 1 is 1.17 bits per heavy atom. The van der Waals surface area contributed by atoms with E-state index >= 15 is 0 Å². The van der Waals surface area contributed by atoms with E-state index in [1.165, 1.54) is 20.3 Å². The number of carbonyl (C=O) groups is 1. The normalized spacial score (nSPS) is 15.0. The molecule has 3 rings (SSSR count). The van der Waals surface area contributed by atoms with Crippen LogP contribution in [0.5, 0.6) is 5.75 Å². The van der Waals surface area contributed by atoms with Crippen molar-refractivity contribution in [3.05, 3.63) is 53.3 Å². The lowest BCUT2D eigenvalue weighted by Crippen LogP contribution is -2.15. The quantitative estimate of drug-likeness (QED) is 0.850. The molecule has 0 aromatic heterocycles. The molecular weight excluding hydrogens is 309 g/mol. The van der Waals surface area contributed by atoms with Crippen LogP contribution in [0, 0.1) is 11.7 Å². The molecule has 0 aliphatic heterocycles. The van der Waals surface area contributed by atoms with E-state index in [2.05, 4.69) is 0 Å². The van der Waals surface area contributed by atoms with Gasteiger partial charge < -0.3 is 15.2 Å². The summed E-state index contributed by atoms with van der Waals surface area (Å²) in [4.78, 5) is 11.8. The molecule has 1 unspecified atom stereocenters. The number of hydrogen-bond acceptors (Lipinski definition) is 4. The van der Waals surface area contributed by atoms with Crippen molar-refractivity contribution in [1.82, 2.24) is 0 Å². The zero-order valence-electron chi connectivity index (χ0n) is 13.7. The van der Waals surface area contributed by atoms with Crippen LogP contribution in [0.25, 0.3) is 11.1 Å². The van der Waals surface area contributed by atoms with Crippen LogP contribution in [-0.4, -0.2) is 20.2 Å².